The van der Waals surface area contributed by atoms with Crippen LogP contribution in [-0.4, -0.2) is 28.7 Å². The zero-order valence-electron chi connectivity index (χ0n) is 19.4. The first-order valence-electron chi connectivity index (χ1n) is 11.8. The summed E-state index contributed by atoms with van der Waals surface area (Å²) in [4.78, 5) is 16.7. The van der Waals surface area contributed by atoms with E-state index in [-0.39, 0.29) is 6.54 Å². The highest BCUT2D eigenvalue weighted by molar-refractivity contribution is 6.16. The van der Waals surface area contributed by atoms with Gasteiger partial charge in [0.15, 0.2) is 0 Å². The first-order chi connectivity index (χ1) is 17.7. The molecule has 0 aliphatic heterocycles. The van der Waals surface area contributed by atoms with Crippen LogP contribution in [0.3, 0.4) is 0 Å². The Hall–Kier alpha value is -4.71. The molecule has 0 spiro atoms. The van der Waals surface area contributed by atoms with Crippen molar-refractivity contribution in [2.24, 2.45) is 5.73 Å². The van der Waals surface area contributed by atoms with Gasteiger partial charge in [-0.2, -0.15) is 0 Å². The third-order valence-electron chi connectivity index (χ3n) is 6.54. The Labute approximate surface area is 207 Å². The van der Waals surface area contributed by atoms with E-state index in [1.165, 1.54) is 0 Å². The molecule has 4 aromatic carbocycles. The number of hydrogen-bond acceptors (Lipinski definition) is 3. The monoisotopic (exact) mass is 474 g/mol. The maximum Gasteiger partial charge on any atom is 0.250 e. The first-order valence-corrected chi connectivity index (χ1v) is 11.8. The number of primary amides is 1. The number of nitrogens with zero attached hydrogens (tertiary/aromatic N) is 2. The van der Waals surface area contributed by atoms with E-state index in [1.54, 1.807) is 6.07 Å². The highest BCUT2D eigenvalue weighted by Crippen LogP contribution is 2.39. The fourth-order valence-electron chi connectivity index (χ4n) is 4.97. The summed E-state index contributed by atoms with van der Waals surface area (Å²) in [6.45, 7) is -0.461. The SMILES string of the molecule is NC(=O)c1ccc(-n2c3ccccc3c3c(-c4cnc5ccccc5c4)cccc32)cc1NCCF. The van der Waals surface area contributed by atoms with E-state index in [1.807, 2.05) is 54.7 Å². The number of halogens is 1. The maximum atomic E-state index is 12.9. The molecule has 0 saturated heterocycles. The second-order valence-corrected chi connectivity index (χ2v) is 8.68. The predicted molar refractivity (Wildman–Crippen MR) is 145 cm³/mol. The average molecular weight is 475 g/mol. The molecule has 0 saturated carbocycles. The fourth-order valence-corrected chi connectivity index (χ4v) is 4.97. The molecular weight excluding hydrogens is 451 g/mol. The van der Waals surface area contributed by atoms with Gasteiger partial charge in [0.1, 0.15) is 6.67 Å². The highest BCUT2D eigenvalue weighted by atomic mass is 19.1. The molecule has 0 bridgehead atoms. The van der Waals surface area contributed by atoms with E-state index in [0.29, 0.717) is 11.3 Å². The molecule has 5 nitrogen and oxygen atoms in total. The van der Waals surface area contributed by atoms with Crippen LogP contribution in [0.4, 0.5) is 10.1 Å². The number of amides is 1. The third-order valence-corrected chi connectivity index (χ3v) is 6.54. The first kappa shape index (κ1) is 21.8. The van der Waals surface area contributed by atoms with Crippen LogP contribution in [0.1, 0.15) is 10.4 Å². The second kappa shape index (κ2) is 8.82. The number of anilines is 1. The fraction of sp³-hybridized carbons (Fsp3) is 0.0667. The number of carbonyl (C=O) groups excluding carboxylic acids is 1. The van der Waals surface area contributed by atoms with Crippen molar-refractivity contribution in [2.45, 2.75) is 0 Å². The molecule has 3 N–H and O–H groups in total. The molecule has 0 fully saturated rings. The van der Waals surface area contributed by atoms with Gasteiger partial charge in [0.25, 0.3) is 5.91 Å². The number of carbonyl (C=O) groups is 1. The number of fused-ring (bicyclic) bond motifs is 4. The number of alkyl halides is 1. The number of aromatic nitrogens is 2. The van der Waals surface area contributed by atoms with Crippen LogP contribution in [0.2, 0.25) is 0 Å². The minimum Gasteiger partial charge on any atom is -0.382 e. The van der Waals surface area contributed by atoms with Crippen molar-refractivity contribution in [3.63, 3.8) is 0 Å². The van der Waals surface area contributed by atoms with E-state index in [2.05, 4.69) is 51.3 Å². The number of nitrogens with one attached hydrogen (secondary N) is 1. The molecule has 0 aliphatic carbocycles. The highest BCUT2D eigenvalue weighted by Gasteiger charge is 2.18. The Balaban J connectivity index is 1.62. The molecule has 6 heteroatoms. The summed E-state index contributed by atoms with van der Waals surface area (Å²) in [5.74, 6) is -0.559. The van der Waals surface area contributed by atoms with Crippen molar-refractivity contribution >= 4 is 44.3 Å². The van der Waals surface area contributed by atoms with Crippen molar-refractivity contribution in [1.82, 2.24) is 9.55 Å². The lowest BCUT2D eigenvalue weighted by atomic mass is 9.99. The van der Waals surface area contributed by atoms with Gasteiger partial charge in [-0.1, -0.05) is 48.5 Å². The lowest BCUT2D eigenvalue weighted by molar-refractivity contribution is 0.100. The molecule has 0 radical (unpaired) electrons. The number of pyridine rings is 1. The molecule has 0 unspecified atom stereocenters. The Morgan fingerprint density at radius 3 is 2.58 bits per heavy atom. The van der Waals surface area contributed by atoms with Crippen LogP contribution in [0, 0.1) is 0 Å². The van der Waals surface area contributed by atoms with Gasteiger partial charge >= 0.3 is 0 Å². The number of para-hydroxylation sites is 2. The second-order valence-electron chi connectivity index (χ2n) is 8.68. The lowest BCUT2D eigenvalue weighted by Gasteiger charge is -2.14. The molecule has 0 aliphatic rings. The van der Waals surface area contributed by atoms with Gasteiger partial charge in [-0.3, -0.25) is 9.78 Å². The van der Waals surface area contributed by atoms with Gasteiger partial charge in [0.05, 0.1) is 22.1 Å². The van der Waals surface area contributed by atoms with Gasteiger partial charge < -0.3 is 15.6 Å². The van der Waals surface area contributed by atoms with E-state index >= 15 is 0 Å². The van der Waals surface area contributed by atoms with E-state index in [0.717, 1.165) is 49.5 Å². The Morgan fingerprint density at radius 2 is 1.72 bits per heavy atom. The Kier molecular flexibility index (Phi) is 5.34. The summed E-state index contributed by atoms with van der Waals surface area (Å²) in [5.41, 5.74) is 12.4. The van der Waals surface area contributed by atoms with Gasteiger partial charge in [-0.05, 0) is 48.0 Å². The Bertz CT molecular complexity index is 1770. The van der Waals surface area contributed by atoms with Crippen molar-refractivity contribution in [3.05, 3.63) is 103 Å². The summed E-state index contributed by atoms with van der Waals surface area (Å²) in [7, 11) is 0. The maximum absolute atomic E-state index is 12.9. The van der Waals surface area contributed by atoms with E-state index in [9.17, 15) is 9.18 Å². The molecule has 176 valence electrons. The number of hydrogen-bond donors (Lipinski definition) is 2. The summed E-state index contributed by atoms with van der Waals surface area (Å²) in [6, 6.07) is 30.2. The quantitative estimate of drug-likeness (QED) is 0.290. The zero-order valence-corrected chi connectivity index (χ0v) is 19.4. The van der Waals surface area contributed by atoms with Crippen molar-refractivity contribution < 1.29 is 9.18 Å². The third kappa shape index (κ3) is 3.55. The van der Waals surface area contributed by atoms with Gasteiger partial charge in [0, 0.05) is 45.8 Å². The topological polar surface area (TPSA) is 72.9 Å². The van der Waals surface area contributed by atoms with Crippen LogP contribution in [0.15, 0.2) is 97.2 Å². The van der Waals surface area contributed by atoms with Crippen LogP contribution in [-0.2, 0) is 0 Å². The molecule has 6 rings (SSSR count). The number of rotatable bonds is 6. The smallest absolute Gasteiger partial charge is 0.250 e. The summed E-state index contributed by atoms with van der Waals surface area (Å²) >= 11 is 0. The largest absolute Gasteiger partial charge is 0.382 e. The number of nitrogens with two attached hydrogens (primary N) is 1. The average Bonchev–Trinajstić information content (AvgIpc) is 3.26. The standard InChI is InChI=1S/C30H23FN4O/c31-14-15-33-26-17-21(12-13-23(26)30(32)36)35-27-10-4-2-7-24(27)29-22(8-5-11-28(29)35)20-16-19-6-1-3-9-25(19)34-18-20/h1-13,16-18,33H,14-15H2,(H2,32,36). The zero-order chi connectivity index (χ0) is 24.6. The van der Waals surface area contributed by atoms with Crippen LogP contribution in [0.25, 0.3) is 49.5 Å². The lowest BCUT2D eigenvalue weighted by Crippen LogP contribution is -2.15. The summed E-state index contributed by atoms with van der Waals surface area (Å²) in [5, 5.41) is 6.30. The Morgan fingerprint density at radius 1 is 0.917 bits per heavy atom. The van der Waals surface area contributed by atoms with Crippen molar-refractivity contribution in [2.75, 3.05) is 18.5 Å². The molecule has 1 amide bonds. The van der Waals surface area contributed by atoms with Crippen LogP contribution >= 0.6 is 0 Å². The molecule has 2 aromatic heterocycles. The number of benzene rings is 4. The summed E-state index contributed by atoms with van der Waals surface area (Å²) in [6.07, 6.45) is 1.92. The van der Waals surface area contributed by atoms with Crippen LogP contribution in [0.5, 0.6) is 0 Å². The minimum absolute atomic E-state index is 0.0933. The minimum atomic E-state index is -0.559. The molecule has 6 aromatic rings. The predicted octanol–water partition coefficient (Wildman–Crippen LogP) is 6.48. The van der Waals surface area contributed by atoms with E-state index < -0.39 is 12.6 Å². The van der Waals surface area contributed by atoms with Crippen LogP contribution < -0.4 is 11.1 Å². The molecule has 0 atom stereocenters. The molecule has 2 heterocycles. The molecular formula is C30H23FN4O. The normalized spacial score (nSPS) is 11.4. The summed E-state index contributed by atoms with van der Waals surface area (Å²) < 4.78 is 15.1. The van der Waals surface area contributed by atoms with Crippen molar-refractivity contribution in [3.8, 4) is 16.8 Å². The molecule has 36 heavy (non-hydrogen) atoms. The van der Waals surface area contributed by atoms with Gasteiger partial charge in [0.2, 0.25) is 0 Å². The van der Waals surface area contributed by atoms with Gasteiger partial charge in [-0.15, -0.1) is 0 Å². The van der Waals surface area contributed by atoms with E-state index in [4.69, 9.17) is 5.73 Å². The van der Waals surface area contributed by atoms with Crippen molar-refractivity contribution in [1.29, 1.82) is 0 Å². The van der Waals surface area contributed by atoms with Gasteiger partial charge in [-0.25, -0.2) is 4.39 Å².